The van der Waals surface area contributed by atoms with Crippen LogP contribution in [0.2, 0.25) is 0 Å². The molecule has 0 radical (unpaired) electrons. The van der Waals surface area contributed by atoms with Crippen molar-refractivity contribution in [2.24, 2.45) is 5.73 Å². The molecule has 0 bridgehead atoms. The summed E-state index contributed by atoms with van der Waals surface area (Å²) >= 11 is 1.78. The normalized spacial score (nSPS) is 23.2. The Hall–Kier alpha value is -0.380. The lowest BCUT2D eigenvalue weighted by molar-refractivity contribution is 0.00912. The van der Waals surface area contributed by atoms with Gasteiger partial charge in [-0.1, -0.05) is 0 Å². The maximum atomic E-state index is 6.21. The Balaban J connectivity index is 1.79. The molecule has 2 N–H and O–H groups in total. The average molecular weight is 239 g/mol. The fraction of sp³-hybridized carbons (Fsp3) is 0.692. The number of rotatable bonds is 4. The summed E-state index contributed by atoms with van der Waals surface area (Å²) in [6.45, 7) is 3.09. The number of hydrogen-bond donors (Lipinski definition) is 1. The van der Waals surface area contributed by atoms with Crippen LogP contribution in [0.5, 0.6) is 0 Å². The lowest BCUT2D eigenvalue weighted by atomic mass is 9.98. The number of nitrogens with two attached hydrogens (primary N) is 1. The Bertz CT molecular complexity index is 317. The van der Waals surface area contributed by atoms with Crippen LogP contribution >= 0.6 is 11.3 Å². The summed E-state index contributed by atoms with van der Waals surface area (Å²) in [5.41, 5.74) is 7.53. The van der Waals surface area contributed by atoms with Crippen molar-refractivity contribution in [3.8, 4) is 0 Å². The molecule has 3 heteroatoms. The summed E-state index contributed by atoms with van der Waals surface area (Å²) in [5.74, 6) is 0. The van der Waals surface area contributed by atoms with Gasteiger partial charge >= 0.3 is 0 Å². The third-order valence-electron chi connectivity index (χ3n) is 3.37. The molecule has 2 nitrogen and oxygen atoms in total. The second-order valence-electron chi connectivity index (χ2n) is 4.60. The molecule has 0 amide bonds. The SMILES string of the molecule is Cc1sccc1C(N)CCC1CCCCO1. The molecule has 2 rings (SSSR count). The molecule has 1 fully saturated rings. The molecule has 1 aromatic rings. The van der Waals surface area contributed by atoms with Crippen molar-refractivity contribution in [2.75, 3.05) is 6.61 Å². The molecule has 1 aromatic heterocycles. The van der Waals surface area contributed by atoms with Gasteiger partial charge in [-0.25, -0.2) is 0 Å². The van der Waals surface area contributed by atoms with E-state index in [1.54, 1.807) is 11.3 Å². The minimum absolute atomic E-state index is 0.191. The zero-order chi connectivity index (χ0) is 11.4. The van der Waals surface area contributed by atoms with E-state index in [-0.39, 0.29) is 6.04 Å². The molecule has 0 spiro atoms. The van der Waals surface area contributed by atoms with Crippen LogP contribution in [-0.2, 0) is 4.74 Å². The predicted octanol–water partition coefficient (Wildman–Crippen LogP) is 3.41. The van der Waals surface area contributed by atoms with Crippen LogP contribution in [0.4, 0.5) is 0 Å². The maximum Gasteiger partial charge on any atom is 0.0575 e. The molecule has 2 unspecified atom stereocenters. The third-order valence-corrected chi connectivity index (χ3v) is 4.23. The first-order chi connectivity index (χ1) is 7.77. The molecule has 2 atom stereocenters. The summed E-state index contributed by atoms with van der Waals surface area (Å²) in [5, 5.41) is 2.13. The number of thiophene rings is 1. The van der Waals surface area contributed by atoms with E-state index in [1.807, 2.05) is 0 Å². The first-order valence-corrected chi connectivity index (χ1v) is 7.06. The van der Waals surface area contributed by atoms with E-state index in [0.29, 0.717) is 6.10 Å². The van der Waals surface area contributed by atoms with Crippen molar-refractivity contribution in [2.45, 2.75) is 51.2 Å². The van der Waals surface area contributed by atoms with Crippen molar-refractivity contribution in [3.63, 3.8) is 0 Å². The summed E-state index contributed by atoms with van der Waals surface area (Å²) < 4.78 is 5.72. The number of hydrogen-bond acceptors (Lipinski definition) is 3. The first-order valence-electron chi connectivity index (χ1n) is 6.18. The zero-order valence-electron chi connectivity index (χ0n) is 9.95. The van der Waals surface area contributed by atoms with Gasteiger partial charge in [0.25, 0.3) is 0 Å². The predicted molar refractivity (Wildman–Crippen MR) is 68.8 cm³/mol. The molecule has 1 saturated heterocycles. The molecule has 1 aliphatic heterocycles. The van der Waals surface area contributed by atoms with Gasteiger partial charge in [0.15, 0.2) is 0 Å². The molecule has 2 heterocycles. The second-order valence-corrected chi connectivity index (χ2v) is 5.72. The van der Waals surface area contributed by atoms with Crippen molar-refractivity contribution < 1.29 is 4.74 Å². The van der Waals surface area contributed by atoms with Gasteiger partial charge in [0.1, 0.15) is 0 Å². The Kier molecular flexibility index (Phi) is 4.38. The summed E-state index contributed by atoms with van der Waals surface area (Å²) in [4.78, 5) is 1.36. The fourth-order valence-electron chi connectivity index (χ4n) is 2.34. The van der Waals surface area contributed by atoms with Gasteiger partial charge in [-0.2, -0.15) is 0 Å². The van der Waals surface area contributed by atoms with E-state index < -0.39 is 0 Å². The van der Waals surface area contributed by atoms with Crippen LogP contribution in [-0.4, -0.2) is 12.7 Å². The topological polar surface area (TPSA) is 35.2 Å². The zero-order valence-corrected chi connectivity index (χ0v) is 10.8. The monoisotopic (exact) mass is 239 g/mol. The van der Waals surface area contributed by atoms with Crippen molar-refractivity contribution in [1.29, 1.82) is 0 Å². The van der Waals surface area contributed by atoms with Crippen LogP contribution in [0.15, 0.2) is 11.4 Å². The first kappa shape index (κ1) is 12.1. The highest BCUT2D eigenvalue weighted by Crippen LogP contribution is 2.26. The number of aryl methyl sites for hydroxylation is 1. The van der Waals surface area contributed by atoms with Gasteiger partial charge in [0.2, 0.25) is 0 Å². The molecule has 0 saturated carbocycles. The van der Waals surface area contributed by atoms with Crippen molar-refractivity contribution in [1.82, 2.24) is 0 Å². The van der Waals surface area contributed by atoms with E-state index in [4.69, 9.17) is 10.5 Å². The van der Waals surface area contributed by atoms with Crippen LogP contribution < -0.4 is 5.73 Å². The van der Waals surface area contributed by atoms with Crippen LogP contribution in [0.25, 0.3) is 0 Å². The molecule has 1 aliphatic rings. The van der Waals surface area contributed by atoms with E-state index in [2.05, 4.69) is 18.4 Å². The standard InChI is InChI=1S/C13H21NOS/c1-10-12(7-9-16-10)13(14)6-5-11-4-2-3-8-15-11/h7,9,11,13H,2-6,8,14H2,1H3. The minimum Gasteiger partial charge on any atom is -0.378 e. The summed E-state index contributed by atoms with van der Waals surface area (Å²) in [6.07, 6.45) is 6.37. The van der Waals surface area contributed by atoms with Crippen LogP contribution in [0.1, 0.15) is 48.6 Å². The Labute approximate surface area is 102 Å². The molecule has 16 heavy (non-hydrogen) atoms. The minimum atomic E-state index is 0.191. The summed E-state index contributed by atoms with van der Waals surface area (Å²) in [7, 11) is 0. The molecular formula is C13H21NOS. The van der Waals surface area contributed by atoms with E-state index in [1.165, 1.54) is 29.7 Å². The smallest absolute Gasteiger partial charge is 0.0575 e. The van der Waals surface area contributed by atoms with Gasteiger partial charge in [0.05, 0.1) is 6.10 Å². The van der Waals surface area contributed by atoms with Crippen molar-refractivity contribution >= 4 is 11.3 Å². The van der Waals surface area contributed by atoms with Gasteiger partial charge in [-0.15, -0.1) is 11.3 Å². The Morgan fingerprint density at radius 1 is 1.56 bits per heavy atom. The summed E-state index contributed by atoms with van der Waals surface area (Å²) in [6, 6.07) is 2.35. The molecule has 90 valence electrons. The Morgan fingerprint density at radius 3 is 3.06 bits per heavy atom. The van der Waals surface area contributed by atoms with Gasteiger partial charge in [-0.3, -0.25) is 0 Å². The molecule has 0 aromatic carbocycles. The highest BCUT2D eigenvalue weighted by molar-refractivity contribution is 7.10. The highest BCUT2D eigenvalue weighted by Gasteiger charge is 2.16. The number of ether oxygens (including phenoxy) is 1. The third kappa shape index (κ3) is 3.06. The molecule has 0 aliphatic carbocycles. The van der Waals surface area contributed by atoms with E-state index in [0.717, 1.165) is 19.4 Å². The van der Waals surface area contributed by atoms with E-state index in [9.17, 15) is 0 Å². The average Bonchev–Trinajstić information content (AvgIpc) is 2.74. The lowest BCUT2D eigenvalue weighted by Crippen LogP contribution is -2.21. The van der Waals surface area contributed by atoms with Gasteiger partial charge in [0, 0.05) is 17.5 Å². The van der Waals surface area contributed by atoms with Crippen LogP contribution in [0.3, 0.4) is 0 Å². The quantitative estimate of drug-likeness (QED) is 0.874. The largest absolute Gasteiger partial charge is 0.378 e. The second kappa shape index (κ2) is 5.80. The van der Waals surface area contributed by atoms with Crippen LogP contribution in [0, 0.1) is 6.92 Å². The van der Waals surface area contributed by atoms with Gasteiger partial charge < -0.3 is 10.5 Å². The Morgan fingerprint density at radius 2 is 2.44 bits per heavy atom. The fourth-order valence-corrected chi connectivity index (χ4v) is 3.11. The maximum absolute atomic E-state index is 6.21. The highest BCUT2D eigenvalue weighted by atomic mass is 32.1. The van der Waals surface area contributed by atoms with Gasteiger partial charge in [-0.05, 0) is 56.0 Å². The van der Waals surface area contributed by atoms with E-state index >= 15 is 0 Å². The lowest BCUT2D eigenvalue weighted by Gasteiger charge is -2.23. The molecular weight excluding hydrogens is 218 g/mol. The van der Waals surface area contributed by atoms with Crippen molar-refractivity contribution in [3.05, 3.63) is 21.9 Å².